The molecule has 0 fully saturated rings. The predicted molar refractivity (Wildman–Crippen MR) is 53.2 cm³/mol. The molecule has 4 nitrogen and oxygen atoms in total. The van der Waals surface area contributed by atoms with Crippen molar-refractivity contribution < 1.29 is 0 Å². The van der Waals surface area contributed by atoms with Gasteiger partial charge in [-0.2, -0.15) is 5.26 Å². The molecular formula is C10H8N4. The van der Waals surface area contributed by atoms with Crippen LogP contribution in [0.4, 0.5) is 5.69 Å². The van der Waals surface area contributed by atoms with Gasteiger partial charge in [0.1, 0.15) is 6.07 Å². The van der Waals surface area contributed by atoms with Crippen LogP contribution in [-0.2, 0) is 0 Å². The second-order valence-electron chi connectivity index (χ2n) is 2.86. The smallest absolute Gasteiger partial charge is 0.166 e. The Balaban J connectivity index is 2.56. The SMILES string of the molecule is N#Cc1nc[nH]c1-c1cccc(N)c1. The van der Waals surface area contributed by atoms with Gasteiger partial charge in [0.05, 0.1) is 12.0 Å². The van der Waals surface area contributed by atoms with E-state index in [4.69, 9.17) is 11.0 Å². The molecular weight excluding hydrogens is 176 g/mol. The van der Waals surface area contributed by atoms with Crippen molar-refractivity contribution in [2.75, 3.05) is 5.73 Å². The minimum Gasteiger partial charge on any atom is -0.399 e. The number of nitrogens with zero attached hydrogens (tertiary/aromatic N) is 2. The van der Waals surface area contributed by atoms with E-state index in [-0.39, 0.29) is 0 Å². The van der Waals surface area contributed by atoms with Gasteiger partial charge >= 0.3 is 0 Å². The van der Waals surface area contributed by atoms with Crippen LogP contribution in [0.25, 0.3) is 11.3 Å². The topological polar surface area (TPSA) is 78.5 Å². The van der Waals surface area contributed by atoms with Crippen LogP contribution in [0.1, 0.15) is 5.69 Å². The summed E-state index contributed by atoms with van der Waals surface area (Å²) in [6.45, 7) is 0. The third kappa shape index (κ3) is 1.31. The Hall–Kier alpha value is -2.28. The number of hydrogen-bond acceptors (Lipinski definition) is 3. The van der Waals surface area contributed by atoms with E-state index < -0.39 is 0 Å². The van der Waals surface area contributed by atoms with E-state index in [1.807, 2.05) is 18.2 Å². The van der Waals surface area contributed by atoms with Crippen molar-refractivity contribution in [2.24, 2.45) is 0 Å². The minimum atomic E-state index is 0.385. The Morgan fingerprint density at radius 2 is 2.29 bits per heavy atom. The number of aromatic nitrogens is 2. The van der Waals surface area contributed by atoms with Crippen molar-refractivity contribution in [1.29, 1.82) is 5.26 Å². The van der Waals surface area contributed by atoms with Crippen LogP contribution in [0.3, 0.4) is 0 Å². The van der Waals surface area contributed by atoms with Gasteiger partial charge in [0, 0.05) is 11.3 Å². The van der Waals surface area contributed by atoms with Gasteiger partial charge in [-0.1, -0.05) is 12.1 Å². The lowest BCUT2D eigenvalue weighted by molar-refractivity contribution is 1.29. The maximum Gasteiger partial charge on any atom is 0.166 e. The Kier molecular flexibility index (Phi) is 1.92. The number of nitrogens with one attached hydrogen (secondary N) is 1. The average Bonchev–Trinajstić information content (AvgIpc) is 2.65. The van der Waals surface area contributed by atoms with Crippen molar-refractivity contribution in [3.05, 3.63) is 36.3 Å². The van der Waals surface area contributed by atoms with Gasteiger partial charge in [-0.3, -0.25) is 0 Å². The molecule has 2 aromatic rings. The van der Waals surface area contributed by atoms with E-state index in [0.717, 1.165) is 5.56 Å². The predicted octanol–water partition coefficient (Wildman–Crippen LogP) is 1.53. The summed E-state index contributed by atoms with van der Waals surface area (Å²) in [6, 6.07) is 9.33. The summed E-state index contributed by atoms with van der Waals surface area (Å²) >= 11 is 0. The number of nitrogen functional groups attached to an aromatic ring is 1. The third-order valence-electron chi connectivity index (χ3n) is 1.92. The molecule has 0 aliphatic carbocycles. The van der Waals surface area contributed by atoms with Crippen LogP contribution in [0.15, 0.2) is 30.6 Å². The van der Waals surface area contributed by atoms with Gasteiger partial charge in [0.25, 0.3) is 0 Å². The average molecular weight is 184 g/mol. The molecule has 1 aromatic carbocycles. The van der Waals surface area contributed by atoms with Crippen LogP contribution in [0.2, 0.25) is 0 Å². The highest BCUT2D eigenvalue weighted by molar-refractivity contribution is 5.67. The quantitative estimate of drug-likeness (QED) is 0.659. The molecule has 0 radical (unpaired) electrons. The normalized spacial score (nSPS) is 9.64. The molecule has 0 saturated heterocycles. The van der Waals surface area contributed by atoms with Crippen LogP contribution in [-0.4, -0.2) is 9.97 Å². The summed E-state index contributed by atoms with van der Waals surface area (Å²) in [5.74, 6) is 0. The number of imidazole rings is 1. The number of benzene rings is 1. The Morgan fingerprint density at radius 3 is 3.00 bits per heavy atom. The molecule has 0 aliphatic rings. The molecule has 0 aliphatic heterocycles. The van der Waals surface area contributed by atoms with Crippen molar-refractivity contribution in [3.63, 3.8) is 0 Å². The zero-order valence-electron chi connectivity index (χ0n) is 7.36. The molecule has 0 saturated carbocycles. The Bertz CT molecular complexity index is 493. The highest BCUT2D eigenvalue weighted by Crippen LogP contribution is 2.21. The number of nitriles is 1. The molecule has 2 rings (SSSR count). The maximum atomic E-state index is 8.77. The molecule has 0 bridgehead atoms. The second-order valence-corrected chi connectivity index (χ2v) is 2.86. The van der Waals surface area contributed by atoms with Crippen LogP contribution in [0.5, 0.6) is 0 Å². The number of anilines is 1. The number of H-pyrrole nitrogens is 1. The van der Waals surface area contributed by atoms with Crippen molar-refractivity contribution >= 4 is 5.69 Å². The first-order valence-electron chi connectivity index (χ1n) is 4.10. The van der Waals surface area contributed by atoms with Crippen molar-refractivity contribution in [2.45, 2.75) is 0 Å². The first-order chi connectivity index (χ1) is 6.81. The van der Waals surface area contributed by atoms with Gasteiger partial charge < -0.3 is 10.7 Å². The Labute approximate surface area is 81.0 Å². The zero-order valence-corrected chi connectivity index (χ0v) is 7.36. The minimum absolute atomic E-state index is 0.385. The van der Waals surface area contributed by atoms with Crippen molar-refractivity contribution in [1.82, 2.24) is 9.97 Å². The largest absolute Gasteiger partial charge is 0.399 e. The molecule has 0 amide bonds. The van der Waals surface area contributed by atoms with E-state index in [2.05, 4.69) is 9.97 Å². The first kappa shape index (κ1) is 8.32. The molecule has 0 atom stereocenters. The van der Waals surface area contributed by atoms with Crippen LogP contribution in [0, 0.1) is 11.3 Å². The van der Waals surface area contributed by atoms with Crippen molar-refractivity contribution in [3.8, 4) is 17.3 Å². The fourth-order valence-corrected chi connectivity index (χ4v) is 1.29. The van der Waals surface area contributed by atoms with Gasteiger partial charge in [-0.15, -0.1) is 0 Å². The van der Waals surface area contributed by atoms with Gasteiger partial charge in [-0.05, 0) is 12.1 Å². The van der Waals surface area contributed by atoms with E-state index >= 15 is 0 Å². The summed E-state index contributed by atoms with van der Waals surface area (Å²) in [5, 5.41) is 8.77. The third-order valence-corrected chi connectivity index (χ3v) is 1.92. The fraction of sp³-hybridized carbons (Fsp3) is 0. The van der Waals surface area contributed by atoms with E-state index in [9.17, 15) is 0 Å². The molecule has 4 heteroatoms. The monoisotopic (exact) mass is 184 g/mol. The van der Waals surface area contributed by atoms with E-state index in [1.165, 1.54) is 6.33 Å². The number of nitrogens with two attached hydrogens (primary N) is 1. The van der Waals surface area contributed by atoms with E-state index in [0.29, 0.717) is 17.1 Å². The molecule has 1 aromatic heterocycles. The summed E-state index contributed by atoms with van der Waals surface area (Å²) in [4.78, 5) is 6.79. The molecule has 0 spiro atoms. The van der Waals surface area contributed by atoms with Crippen LogP contribution < -0.4 is 5.73 Å². The lowest BCUT2D eigenvalue weighted by Gasteiger charge is -1.99. The molecule has 68 valence electrons. The highest BCUT2D eigenvalue weighted by Gasteiger charge is 2.06. The lowest BCUT2D eigenvalue weighted by atomic mass is 10.1. The molecule has 0 unspecified atom stereocenters. The molecule has 3 N–H and O–H groups in total. The maximum absolute atomic E-state index is 8.77. The number of hydrogen-bond donors (Lipinski definition) is 2. The van der Waals surface area contributed by atoms with Gasteiger partial charge in [0.15, 0.2) is 5.69 Å². The van der Waals surface area contributed by atoms with Crippen LogP contribution >= 0.6 is 0 Å². The second kappa shape index (κ2) is 3.23. The first-order valence-corrected chi connectivity index (χ1v) is 4.10. The fourth-order valence-electron chi connectivity index (χ4n) is 1.29. The van der Waals surface area contributed by atoms with Gasteiger partial charge in [0.2, 0.25) is 0 Å². The lowest BCUT2D eigenvalue weighted by Crippen LogP contribution is -1.87. The summed E-state index contributed by atoms with van der Waals surface area (Å²) in [7, 11) is 0. The molecule has 14 heavy (non-hydrogen) atoms. The number of rotatable bonds is 1. The van der Waals surface area contributed by atoms with E-state index in [1.54, 1.807) is 12.1 Å². The summed E-state index contributed by atoms with van der Waals surface area (Å²) in [6.07, 6.45) is 1.50. The summed E-state index contributed by atoms with van der Waals surface area (Å²) < 4.78 is 0. The Morgan fingerprint density at radius 1 is 1.43 bits per heavy atom. The summed E-state index contributed by atoms with van der Waals surface area (Å²) in [5.41, 5.74) is 8.27. The zero-order chi connectivity index (χ0) is 9.97. The highest BCUT2D eigenvalue weighted by atomic mass is 14.9. The molecule has 1 heterocycles. The number of aromatic amines is 1. The van der Waals surface area contributed by atoms with Gasteiger partial charge in [-0.25, -0.2) is 4.98 Å². The standard InChI is InChI=1S/C10H8N4/c11-5-9-10(14-6-13-9)7-2-1-3-8(12)4-7/h1-4,6H,12H2,(H,13,14).